The van der Waals surface area contributed by atoms with Crippen molar-refractivity contribution in [3.8, 4) is 5.75 Å². The average Bonchev–Trinajstić information content (AvgIpc) is 2.92. The number of azo groups is 1. The van der Waals surface area contributed by atoms with Gasteiger partial charge in [0.05, 0.1) is 15.9 Å². The number of aromatic hydroxyl groups is 1. The number of hydrogen-bond acceptors (Lipinski definition) is 8. The lowest BCUT2D eigenvalue weighted by Crippen LogP contribution is -2.25. The van der Waals surface area contributed by atoms with Crippen LogP contribution < -0.4 is 4.90 Å². The number of unbranched alkanes of at least 4 members (excludes halogenated alkanes) is 2. The summed E-state index contributed by atoms with van der Waals surface area (Å²) in [7, 11) is 0. The van der Waals surface area contributed by atoms with E-state index < -0.39 is 21.2 Å². The Morgan fingerprint density at radius 2 is 1.39 bits per heavy atom. The fourth-order valence-electron chi connectivity index (χ4n) is 4.41. The van der Waals surface area contributed by atoms with Crippen molar-refractivity contribution in [1.29, 1.82) is 0 Å². The quantitative estimate of drug-likeness (QED) is 0.0923. The van der Waals surface area contributed by atoms with Gasteiger partial charge >= 0.3 is 5.69 Å². The van der Waals surface area contributed by atoms with Crippen LogP contribution in [0.15, 0.2) is 70.9 Å². The minimum absolute atomic E-state index is 0.0891. The van der Waals surface area contributed by atoms with Gasteiger partial charge in [0.2, 0.25) is 0 Å². The molecule has 0 aliphatic heterocycles. The smallest absolute Gasteiger partial charge is 0.303 e. The Kier molecular flexibility index (Phi) is 8.10. The van der Waals surface area contributed by atoms with Crippen LogP contribution in [0.1, 0.15) is 39.5 Å². The Balaban J connectivity index is 1.90. The maximum absolute atomic E-state index is 11.5. The summed E-state index contributed by atoms with van der Waals surface area (Å²) in [6, 6.07) is 16.8. The highest BCUT2D eigenvalue weighted by molar-refractivity contribution is 6.08. The first kappa shape index (κ1) is 26.5. The molecule has 1 N–H and O–H groups in total. The Labute approximate surface area is 219 Å². The maximum atomic E-state index is 11.5. The molecule has 10 heteroatoms. The number of hydrogen-bond donors (Lipinski definition) is 1. The summed E-state index contributed by atoms with van der Waals surface area (Å²) in [5.41, 5.74) is -0.0390. The number of phenolic OH excluding ortho intramolecular Hbond substituents is 1. The number of rotatable bonds is 11. The SMILES string of the molecule is CCCCN(CCCC)c1cc(N=Nc2ccc([N+](=O)[O-])cc2[N+](=O)[O-])c(O)c2cc3ccccc3cc12. The number of nitro benzene ring substituents is 2. The Morgan fingerprint density at radius 1 is 0.789 bits per heavy atom. The second-order valence-corrected chi connectivity index (χ2v) is 9.09. The molecule has 10 nitrogen and oxygen atoms in total. The van der Waals surface area contributed by atoms with Gasteiger partial charge in [0, 0.05) is 35.6 Å². The Hall–Kier alpha value is -4.60. The van der Waals surface area contributed by atoms with Crippen LogP contribution in [0.3, 0.4) is 0 Å². The fourth-order valence-corrected chi connectivity index (χ4v) is 4.41. The van der Waals surface area contributed by atoms with E-state index in [4.69, 9.17) is 0 Å². The number of fused-ring (bicyclic) bond motifs is 2. The van der Waals surface area contributed by atoms with Crippen LogP contribution in [0.5, 0.6) is 5.75 Å². The van der Waals surface area contributed by atoms with Gasteiger partial charge in [-0.05, 0) is 47.9 Å². The van der Waals surface area contributed by atoms with E-state index in [-0.39, 0.29) is 17.1 Å². The molecular formula is C28H29N5O5. The highest BCUT2D eigenvalue weighted by atomic mass is 16.6. The van der Waals surface area contributed by atoms with Gasteiger partial charge in [0.25, 0.3) is 5.69 Å². The third-order valence-corrected chi connectivity index (χ3v) is 6.47. The summed E-state index contributed by atoms with van der Waals surface area (Å²) >= 11 is 0. The summed E-state index contributed by atoms with van der Waals surface area (Å²) in [5, 5.41) is 45.6. The lowest BCUT2D eigenvalue weighted by atomic mass is 9.99. The molecule has 0 saturated heterocycles. The highest BCUT2D eigenvalue weighted by Crippen LogP contribution is 2.44. The molecule has 0 bridgehead atoms. The van der Waals surface area contributed by atoms with Gasteiger partial charge in [-0.25, -0.2) is 0 Å². The van der Waals surface area contributed by atoms with Crippen molar-refractivity contribution in [3.63, 3.8) is 0 Å². The molecule has 0 spiro atoms. The molecule has 0 aliphatic rings. The van der Waals surface area contributed by atoms with Gasteiger partial charge in [-0.3, -0.25) is 20.2 Å². The molecule has 0 aromatic heterocycles. The summed E-state index contributed by atoms with van der Waals surface area (Å²) in [5.74, 6) is -0.0891. The van der Waals surface area contributed by atoms with Crippen LogP contribution in [0, 0.1) is 20.2 Å². The molecule has 0 saturated carbocycles. The van der Waals surface area contributed by atoms with E-state index in [1.54, 1.807) is 6.07 Å². The Morgan fingerprint density at radius 3 is 1.97 bits per heavy atom. The largest absolute Gasteiger partial charge is 0.505 e. The molecule has 38 heavy (non-hydrogen) atoms. The van der Waals surface area contributed by atoms with Crippen molar-refractivity contribution < 1.29 is 15.0 Å². The first-order valence-corrected chi connectivity index (χ1v) is 12.6. The van der Waals surface area contributed by atoms with E-state index in [1.165, 1.54) is 6.07 Å². The van der Waals surface area contributed by atoms with Gasteiger partial charge in [-0.15, -0.1) is 10.2 Å². The molecule has 0 unspecified atom stereocenters. The molecule has 4 aromatic carbocycles. The lowest BCUT2D eigenvalue weighted by molar-refractivity contribution is -0.393. The molecule has 0 fully saturated rings. The third-order valence-electron chi connectivity index (χ3n) is 6.47. The molecule has 4 rings (SSSR count). The van der Waals surface area contributed by atoms with Gasteiger partial charge in [0.15, 0.2) is 11.4 Å². The number of nitro groups is 2. The first-order valence-electron chi connectivity index (χ1n) is 12.6. The van der Waals surface area contributed by atoms with E-state index in [0.29, 0.717) is 5.39 Å². The van der Waals surface area contributed by atoms with Gasteiger partial charge in [-0.2, -0.15) is 0 Å². The van der Waals surface area contributed by atoms with Crippen molar-refractivity contribution in [2.45, 2.75) is 39.5 Å². The van der Waals surface area contributed by atoms with E-state index in [9.17, 15) is 25.3 Å². The second kappa shape index (κ2) is 11.6. The minimum atomic E-state index is -0.740. The predicted molar refractivity (Wildman–Crippen MR) is 149 cm³/mol. The molecular weight excluding hydrogens is 486 g/mol. The first-order chi connectivity index (χ1) is 18.3. The molecule has 0 atom stereocenters. The number of anilines is 1. The third kappa shape index (κ3) is 5.54. The second-order valence-electron chi connectivity index (χ2n) is 9.09. The molecule has 4 aromatic rings. The number of nitrogens with zero attached hydrogens (tertiary/aromatic N) is 5. The summed E-state index contributed by atoms with van der Waals surface area (Å²) in [6.45, 7) is 5.93. The number of phenols is 1. The molecule has 196 valence electrons. The zero-order valence-corrected chi connectivity index (χ0v) is 21.3. The van der Waals surface area contributed by atoms with Gasteiger partial charge < -0.3 is 10.0 Å². The molecule has 0 amide bonds. The van der Waals surface area contributed by atoms with Crippen molar-refractivity contribution in [3.05, 3.63) is 80.9 Å². The van der Waals surface area contributed by atoms with Crippen LogP contribution in [0.25, 0.3) is 21.5 Å². The van der Waals surface area contributed by atoms with Crippen LogP contribution in [0.2, 0.25) is 0 Å². The molecule has 0 aliphatic carbocycles. The minimum Gasteiger partial charge on any atom is -0.505 e. The summed E-state index contributed by atoms with van der Waals surface area (Å²) in [4.78, 5) is 23.5. The number of non-ortho nitro benzene ring substituents is 1. The fraction of sp³-hybridized carbons (Fsp3) is 0.286. The number of benzene rings is 4. The van der Waals surface area contributed by atoms with E-state index >= 15 is 0 Å². The monoisotopic (exact) mass is 515 g/mol. The van der Waals surface area contributed by atoms with Crippen molar-refractivity contribution in [2.24, 2.45) is 10.2 Å². The lowest BCUT2D eigenvalue weighted by Gasteiger charge is -2.27. The summed E-state index contributed by atoms with van der Waals surface area (Å²) in [6.07, 6.45) is 4.03. The molecule has 0 radical (unpaired) electrons. The Bertz CT molecular complexity index is 1530. The van der Waals surface area contributed by atoms with Crippen LogP contribution >= 0.6 is 0 Å². The highest BCUT2D eigenvalue weighted by Gasteiger charge is 2.21. The summed E-state index contributed by atoms with van der Waals surface area (Å²) < 4.78 is 0. The standard InChI is InChI=1S/C28H29N5O5/c1-3-5-13-31(14-6-4-2)26-18-25(28(34)23-16-20-10-8-7-9-19(20)15-22(23)26)30-29-24-12-11-21(32(35)36)17-27(24)33(37)38/h7-12,15-18,34H,3-6,13-14H2,1-2H3. The van der Waals surface area contributed by atoms with Crippen molar-refractivity contribution in [2.75, 3.05) is 18.0 Å². The van der Waals surface area contributed by atoms with Crippen LogP contribution in [0.4, 0.5) is 28.4 Å². The van der Waals surface area contributed by atoms with Crippen LogP contribution in [-0.4, -0.2) is 28.0 Å². The topological polar surface area (TPSA) is 134 Å². The van der Waals surface area contributed by atoms with Gasteiger partial charge in [0.1, 0.15) is 5.69 Å². The van der Waals surface area contributed by atoms with E-state index in [1.807, 2.05) is 30.3 Å². The predicted octanol–water partition coefficient (Wildman–Crippen LogP) is 8.34. The maximum Gasteiger partial charge on any atom is 0.303 e. The van der Waals surface area contributed by atoms with Crippen molar-refractivity contribution >= 4 is 50.0 Å². The normalized spacial score (nSPS) is 11.4. The van der Waals surface area contributed by atoms with Crippen molar-refractivity contribution in [1.82, 2.24) is 0 Å². The van der Waals surface area contributed by atoms with Gasteiger partial charge in [-0.1, -0.05) is 51.0 Å². The van der Waals surface area contributed by atoms with E-state index in [2.05, 4.69) is 35.0 Å². The molecule has 0 heterocycles. The zero-order valence-electron chi connectivity index (χ0n) is 21.3. The van der Waals surface area contributed by atoms with E-state index in [0.717, 1.165) is 72.8 Å². The van der Waals surface area contributed by atoms with Crippen LogP contribution in [-0.2, 0) is 0 Å². The average molecular weight is 516 g/mol. The zero-order chi connectivity index (χ0) is 27.2.